The van der Waals surface area contributed by atoms with Gasteiger partial charge in [-0.1, -0.05) is 12.2 Å². The average molecular weight is 249 g/mol. The van der Waals surface area contributed by atoms with E-state index >= 15 is 0 Å². The van der Waals surface area contributed by atoms with Crippen LogP contribution < -0.4 is 11.1 Å². The Morgan fingerprint density at radius 2 is 2.00 bits per heavy atom. The van der Waals surface area contributed by atoms with Gasteiger partial charge >= 0.3 is 0 Å². The van der Waals surface area contributed by atoms with Gasteiger partial charge in [-0.2, -0.15) is 0 Å². The molecule has 2 aliphatic rings. The molecule has 0 heterocycles. The van der Waals surface area contributed by atoms with Crippen molar-refractivity contribution in [1.82, 2.24) is 5.32 Å². The van der Waals surface area contributed by atoms with Crippen molar-refractivity contribution >= 4 is 5.84 Å². The van der Waals surface area contributed by atoms with E-state index < -0.39 is 0 Å². The molecule has 18 heavy (non-hydrogen) atoms. The fourth-order valence-electron chi connectivity index (χ4n) is 3.79. The van der Waals surface area contributed by atoms with Gasteiger partial charge in [0, 0.05) is 19.0 Å². The standard InChI is InChI=1S/C15H27N3/c1-5-8-15(2,3)18-14(17-4)12-10-6-7-11(9-10)13(12)16/h5,8,10-13H,6-7,9,16H2,1-4H3,(H,17,18)/b8-5-/t10?,11?,12?,13-/m0/s1. The summed E-state index contributed by atoms with van der Waals surface area (Å²) in [4.78, 5) is 4.91. The molecule has 0 radical (unpaired) electrons. The van der Waals surface area contributed by atoms with Gasteiger partial charge in [0.15, 0.2) is 0 Å². The van der Waals surface area contributed by atoms with Gasteiger partial charge in [-0.05, 0) is 51.9 Å². The zero-order chi connectivity index (χ0) is 13.3. The van der Waals surface area contributed by atoms with E-state index in [0.29, 0.717) is 12.0 Å². The molecule has 3 N–H and O–H groups in total. The maximum atomic E-state index is 6.39. The van der Waals surface area contributed by atoms with Crippen molar-refractivity contribution in [2.45, 2.75) is 51.6 Å². The average Bonchev–Trinajstić information content (AvgIpc) is 2.87. The molecule has 0 aliphatic heterocycles. The van der Waals surface area contributed by atoms with Gasteiger partial charge in [0.05, 0.1) is 5.54 Å². The lowest BCUT2D eigenvalue weighted by Gasteiger charge is -2.31. The maximum absolute atomic E-state index is 6.39. The lowest BCUT2D eigenvalue weighted by Crippen LogP contribution is -2.45. The summed E-state index contributed by atoms with van der Waals surface area (Å²) in [5.74, 6) is 3.03. The van der Waals surface area contributed by atoms with E-state index in [9.17, 15) is 0 Å². The molecule has 2 saturated carbocycles. The first-order chi connectivity index (χ1) is 8.48. The molecule has 3 nitrogen and oxygen atoms in total. The van der Waals surface area contributed by atoms with Crippen LogP contribution in [-0.4, -0.2) is 24.5 Å². The highest BCUT2D eigenvalue weighted by Crippen LogP contribution is 2.48. The number of rotatable bonds is 3. The van der Waals surface area contributed by atoms with E-state index in [-0.39, 0.29) is 5.54 Å². The SMILES string of the molecule is C/C=C\C(C)(C)/N=C(\NC)C1C2CCC(C2)[C@@H]1N. The molecule has 0 amide bonds. The van der Waals surface area contributed by atoms with Gasteiger partial charge in [-0.15, -0.1) is 0 Å². The Bertz CT molecular complexity index is 355. The molecule has 0 spiro atoms. The molecule has 102 valence electrons. The molecule has 3 unspecified atom stereocenters. The van der Waals surface area contributed by atoms with Crippen molar-refractivity contribution in [3.05, 3.63) is 12.2 Å². The number of amidine groups is 1. The summed E-state index contributed by atoms with van der Waals surface area (Å²) >= 11 is 0. The summed E-state index contributed by atoms with van der Waals surface area (Å²) in [6.45, 7) is 6.33. The highest BCUT2D eigenvalue weighted by molar-refractivity contribution is 5.86. The van der Waals surface area contributed by atoms with Gasteiger partial charge in [0.2, 0.25) is 0 Å². The van der Waals surface area contributed by atoms with Crippen LogP contribution in [0.5, 0.6) is 0 Å². The third kappa shape index (κ3) is 2.46. The highest BCUT2D eigenvalue weighted by Gasteiger charge is 2.48. The lowest BCUT2D eigenvalue weighted by molar-refractivity contribution is 0.354. The van der Waals surface area contributed by atoms with E-state index in [1.54, 1.807) is 0 Å². The maximum Gasteiger partial charge on any atom is 0.102 e. The minimum absolute atomic E-state index is 0.144. The van der Waals surface area contributed by atoms with Crippen molar-refractivity contribution in [2.24, 2.45) is 28.5 Å². The highest BCUT2D eigenvalue weighted by atomic mass is 15.0. The monoisotopic (exact) mass is 249 g/mol. The fourth-order valence-corrected chi connectivity index (χ4v) is 3.79. The zero-order valence-electron chi connectivity index (χ0n) is 12.1. The van der Waals surface area contributed by atoms with Crippen LogP contribution >= 0.6 is 0 Å². The van der Waals surface area contributed by atoms with Crippen molar-refractivity contribution < 1.29 is 0 Å². The van der Waals surface area contributed by atoms with E-state index in [1.165, 1.54) is 19.3 Å². The van der Waals surface area contributed by atoms with Crippen LogP contribution in [0.1, 0.15) is 40.0 Å². The van der Waals surface area contributed by atoms with E-state index in [4.69, 9.17) is 10.7 Å². The molecule has 0 aromatic heterocycles. The molecule has 4 atom stereocenters. The Labute approximate surface area is 111 Å². The van der Waals surface area contributed by atoms with E-state index in [2.05, 4.69) is 31.3 Å². The predicted molar refractivity (Wildman–Crippen MR) is 77.7 cm³/mol. The van der Waals surface area contributed by atoms with Gasteiger partial charge < -0.3 is 11.1 Å². The summed E-state index contributed by atoms with van der Waals surface area (Å²) in [6.07, 6.45) is 8.16. The van der Waals surface area contributed by atoms with Crippen LogP contribution in [0.15, 0.2) is 17.1 Å². The summed E-state index contributed by atoms with van der Waals surface area (Å²) in [5, 5.41) is 3.31. The third-order valence-electron chi connectivity index (χ3n) is 4.54. The molecule has 0 aromatic rings. The summed E-state index contributed by atoms with van der Waals surface area (Å²) in [5.41, 5.74) is 6.25. The topological polar surface area (TPSA) is 50.4 Å². The smallest absolute Gasteiger partial charge is 0.102 e. The van der Waals surface area contributed by atoms with Gasteiger partial charge in [0.25, 0.3) is 0 Å². The number of nitrogens with zero attached hydrogens (tertiary/aromatic N) is 1. The first-order valence-corrected chi connectivity index (χ1v) is 7.15. The molecule has 2 fully saturated rings. The number of hydrogen-bond donors (Lipinski definition) is 2. The third-order valence-corrected chi connectivity index (χ3v) is 4.54. The van der Waals surface area contributed by atoms with E-state index in [1.807, 2.05) is 14.0 Å². The van der Waals surface area contributed by atoms with Crippen LogP contribution in [0.3, 0.4) is 0 Å². The summed E-state index contributed by atoms with van der Waals surface area (Å²) < 4.78 is 0. The Kier molecular flexibility index (Phi) is 3.81. The molecule has 3 heteroatoms. The first kappa shape index (κ1) is 13.6. The number of aliphatic imine (C=N–C) groups is 1. The van der Waals surface area contributed by atoms with Crippen LogP contribution in [0.4, 0.5) is 0 Å². The first-order valence-electron chi connectivity index (χ1n) is 7.15. The van der Waals surface area contributed by atoms with Crippen molar-refractivity contribution in [1.29, 1.82) is 0 Å². The fraction of sp³-hybridized carbons (Fsp3) is 0.800. The second-order valence-corrected chi connectivity index (χ2v) is 6.34. The number of nitrogens with one attached hydrogen (secondary N) is 1. The summed E-state index contributed by atoms with van der Waals surface area (Å²) in [6, 6.07) is 0.302. The molecule has 2 rings (SSSR count). The molecular formula is C15H27N3. The Balaban J connectivity index is 2.21. The van der Waals surface area contributed by atoms with Crippen molar-refractivity contribution in [2.75, 3.05) is 7.05 Å². The minimum atomic E-state index is -0.144. The molecule has 2 aliphatic carbocycles. The normalized spacial score (nSPS) is 36.6. The van der Waals surface area contributed by atoms with Gasteiger partial charge in [0.1, 0.15) is 5.84 Å². The Hall–Kier alpha value is -0.830. The van der Waals surface area contributed by atoms with Crippen molar-refractivity contribution in [3.63, 3.8) is 0 Å². The number of hydrogen-bond acceptors (Lipinski definition) is 2. The van der Waals surface area contributed by atoms with Crippen LogP contribution in [0, 0.1) is 17.8 Å². The van der Waals surface area contributed by atoms with Crippen LogP contribution in [0.25, 0.3) is 0 Å². The van der Waals surface area contributed by atoms with Crippen LogP contribution in [0.2, 0.25) is 0 Å². The second kappa shape index (κ2) is 5.04. The van der Waals surface area contributed by atoms with E-state index in [0.717, 1.165) is 17.7 Å². The number of fused-ring (bicyclic) bond motifs is 2. The van der Waals surface area contributed by atoms with Crippen molar-refractivity contribution in [3.8, 4) is 0 Å². The Morgan fingerprint density at radius 1 is 1.33 bits per heavy atom. The second-order valence-electron chi connectivity index (χ2n) is 6.34. The Morgan fingerprint density at radius 3 is 2.50 bits per heavy atom. The molecule has 0 saturated heterocycles. The lowest BCUT2D eigenvalue weighted by atomic mass is 9.83. The number of nitrogens with two attached hydrogens (primary N) is 1. The number of allylic oxidation sites excluding steroid dienone is 1. The summed E-state index contributed by atoms with van der Waals surface area (Å²) in [7, 11) is 1.98. The predicted octanol–water partition coefficient (Wildman–Crippen LogP) is 2.33. The minimum Gasteiger partial charge on any atom is -0.377 e. The van der Waals surface area contributed by atoms with Gasteiger partial charge in [-0.25, -0.2) is 0 Å². The molecular weight excluding hydrogens is 222 g/mol. The zero-order valence-corrected chi connectivity index (χ0v) is 12.1. The molecule has 2 bridgehead atoms. The quantitative estimate of drug-likeness (QED) is 0.458. The van der Waals surface area contributed by atoms with Crippen LogP contribution in [-0.2, 0) is 0 Å². The largest absolute Gasteiger partial charge is 0.377 e. The van der Waals surface area contributed by atoms with Gasteiger partial charge in [-0.3, -0.25) is 4.99 Å². The molecule has 0 aromatic carbocycles.